The SMILES string of the molecule is O=C([C@@H](O)c1ccccc1)N1CCCCC1c1ncn[nH]1. The first-order chi connectivity index (χ1) is 10.3. The molecule has 0 spiro atoms. The third-order valence-corrected chi connectivity index (χ3v) is 3.88. The van der Waals surface area contributed by atoms with E-state index in [0.717, 1.165) is 19.3 Å². The van der Waals surface area contributed by atoms with Crippen LogP contribution in [0.25, 0.3) is 0 Å². The van der Waals surface area contributed by atoms with Gasteiger partial charge in [-0.1, -0.05) is 30.3 Å². The number of benzene rings is 1. The zero-order chi connectivity index (χ0) is 14.7. The van der Waals surface area contributed by atoms with Gasteiger partial charge in [-0.3, -0.25) is 9.89 Å². The van der Waals surface area contributed by atoms with Crippen molar-refractivity contribution >= 4 is 5.91 Å². The summed E-state index contributed by atoms with van der Waals surface area (Å²) in [5.74, 6) is 0.408. The lowest BCUT2D eigenvalue weighted by atomic mass is 9.99. The average molecular weight is 286 g/mol. The van der Waals surface area contributed by atoms with Crippen LogP contribution in [-0.2, 0) is 4.79 Å². The third-order valence-electron chi connectivity index (χ3n) is 3.88. The number of aromatic nitrogens is 3. The minimum Gasteiger partial charge on any atom is -0.378 e. The minimum absolute atomic E-state index is 0.132. The molecule has 1 aliphatic heterocycles. The summed E-state index contributed by atoms with van der Waals surface area (Å²) >= 11 is 0. The van der Waals surface area contributed by atoms with Gasteiger partial charge in [-0.05, 0) is 24.8 Å². The lowest BCUT2D eigenvalue weighted by Crippen LogP contribution is -2.41. The number of aliphatic hydroxyl groups excluding tert-OH is 1. The molecule has 3 rings (SSSR count). The molecule has 21 heavy (non-hydrogen) atoms. The second kappa shape index (κ2) is 6.05. The fourth-order valence-corrected chi connectivity index (χ4v) is 2.79. The highest BCUT2D eigenvalue weighted by Gasteiger charge is 2.33. The van der Waals surface area contributed by atoms with Crippen molar-refractivity contribution in [3.8, 4) is 0 Å². The molecule has 0 saturated carbocycles. The number of piperidine rings is 1. The Morgan fingerprint density at radius 1 is 1.33 bits per heavy atom. The number of rotatable bonds is 3. The molecule has 1 unspecified atom stereocenters. The van der Waals surface area contributed by atoms with E-state index in [1.54, 1.807) is 17.0 Å². The molecule has 0 aliphatic carbocycles. The zero-order valence-electron chi connectivity index (χ0n) is 11.6. The van der Waals surface area contributed by atoms with Gasteiger partial charge in [0.15, 0.2) is 6.10 Å². The normalized spacial score (nSPS) is 20.2. The van der Waals surface area contributed by atoms with Gasteiger partial charge in [-0.2, -0.15) is 5.10 Å². The number of carbonyl (C=O) groups excluding carboxylic acids is 1. The number of aromatic amines is 1. The number of carbonyl (C=O) groups is 1. The number of nitrogens with one attached hydrogen (secondary N) is 1. The Kier molecular flexibility index (Phi) is 3.96. The molecule has 110 valence electrons. The summed E-state index contributed by atoms with van der Waals surface area (Å²) in [7, 11) is 0. The molecule has 1 fully saturated rings. The highest BCUT2D eigenvalue weighted by molar-refractivity contribution is 5.82. The van der Waals surface area contributed by atoms with E-state index in [4.69, 9.17) is 0 Å². The van der Waals surface area contributed by atoms with Gasteiger partial charge in [-0.25, -0.2) is 4.98 Å². The first kappa shape index (κ1) is 13.8. The van der Waals surface area contributed by atoms with Crippen molar-refractivity contribution < 1.29 is 9.90 Å². The van der Waals surface area contributed by atoms with Crippen LogP contribution in [0.1, 0.15) is 42.8 Å². The van der Waals surface area contributed by atoms with Crippen LogP contribution >= 0.6 is 0 Å². The Labute approximate surface area is 122 Å². The van der Waals surface area contributed by atoms with E-state index in [2.05, 4.69) is 15.2 Å². The fraction of sp³-hybridized carbons (Fsp3) is 0.400. The quantitative estimate of drug-likeness (QED) is 0.897. The molecule has 6 heteroatoms. The Balaban J connectivity index is 1.81. The first-order valence-corrected chi connectivity index (χ1v) is 7.16. The summed E-state index contributed by atoms with van der Waals surface area (Å²) < 4.78 is 0. The summed E-state index contributed by atoms with van der Waals surface area (Å²) in [5.41, 5.74) is 0.615. The zero-order valence-corrected chi connectivity index (χ0v) is 11.6. The van der Waals surface area contributed by atoms with Gasteiger partial charge in [-0.15, -0.1) is 0 Å². The van der Waals surface area contributed by atoms with Crippen LogP contribution in [-0.4, -0.2) is 37.6 Å². The number of hydrogen-bond acceptors (Lipinski definition) is 4. The highest BCUT2D eigenvalue weighted by Crippen LogP contribution is 2.31. The van der Waals surface area contributed by atoms with Crippen molar-refractivity contribution in [3.63, 3.8) is 0 Å². The van der Waals surface area contributed by atoms with E-state index in [9.17, 15) is 9.90 Å². The molecule has 1 saturated heterocycles. The molecule has 1 amide bonds. The lowest BCUT2D eigenvalue weighted by molar-refractivity contribution is -0.144. The van der Waals surface area contributed by atoms with Crippen molar-refractivity contribution in [1.82, 2.24) is 20.1 Å². The summed E-state index contributed by atoms with van der Waals surface area (Å²) in [6.45, 7) is 0.633. The van der Waals surface area contributed by atoms with Crippen LogP contribution < -0.4 is 0 Å². The number of nitrogens with zero attached hydrogens (tertiary/aromatic N) is 3. The summed E-state index contributed by atoms with van der Waals surface area (Å²) in [4.78, 5) is 18.5. The Bertz CT molecular complexity index is 585. The summed E-state index contributed by atoms with van der Waals surface area (Å²) in [6, 6.07) is 8.88. The van der Waals surface area contributed by atoms with Crippen molar-refractivity contribution in [2.24, 2.45) is 0 Å². The third kappa shape index (κ3) is 2.80. The minimum atomic E-state index is -1.13. The van der Waals surface area contributed by atoms with Gasteiger partial charge in [0.2, 0.25) is 0 Å². The van der Waals surface area contributed by atoms with E-state index in [1.807, 2.05) is 18.2 Å². The van der Waals surface area contributed by atoms with Crippen molar-refractivity contribution in [2.45, 2.75) is 31.4 Å². The van der Waals surface area contributed by atoms with E-state index in [0.29, 0.717) is 17.9 Å². The van der Waals surface area contributed by atoms with Crippen molar-refractivity contribution in [2.75, 3.05) is 6.54 Å². The maximum Gasteiger partial charge on any atom is 0.256 e. The van der Waals surface area contributed by atoms with E-state index in [1.165, 1.54) is 6.33 Å². The number of aliphatic hydroxyl groups is 1. The van der Waals surface area contributed by atoms with Gasteiger partial charge >= 0.3 is 0 Å². The van der Waals surface area contributed by atoms with Crippen LogP contribution in [0, 0.1) is 0 Å². The number of hydrogen-bond donors (Lipinski definition) is 2. The van der Waals surface area contributed by atoms with E-state index < -0.39 is 6.10 Å². The van der Waals surface area contributed by atoms with Crippen molar-refractivity contribution in [3.05, 3.63) is 48.0 Å². The highest BCUT2D eigenvalue weighted by atomic mass is 16.3. The Hall–Kier alpha value is -2.21. The number of H-pyrrole nitrogens is 1. The van der Waals surface area contributed by atoms with Gasteiger partial charge in [0.25, 0.3) is 5.91 Å². The topological polar surface area (TPSA) is 82.1 Å². The molecule has 1 aromatic carbocycles. The monoisotopic (exact) mass is 286 g/mol. The smallest absolute Gasteiger partial charge is 0.256 e. The molecule has 2 atom stereocenters. The molecule has 6 nitrogen and oxygen atoms in total. The fourth-order valence-electron chi connectivity index (χ4n) is 2.79. The first-order valence-electron chi connectivity index (χ1n) is 7.16. The molecule has 2 aromatic rings. The predicted octanol–water partition coefficient (Wildman–Crippen LogP) is 1.59. The van der Waals surface area contributed by atoms with Gasteiger partial charge in [0.1, 0.15) is 12.2 Å². The summed E-state index contributed by atoms with van der Waals surface area (Å²) in [6.07, 6.45) is 3.13. The van der Waals surface area contributed by atoms with Crippen LogP contribution in [0.5, 0.6) is 0 Å². The van der Waals surface area contributed by atoms with Gasteiger partial charge < -0.3 is 10.0 Å². The molecule has 0 radical (unpaired) electrons. The lowest BCUT2D eigenvalue weighted by Gasteiger charge is -2.35. The van der Waals surface area contributed by atoms with Crippen molar-refractivity contribution in [1.29, 1.82) is 0 Å². The largest absolute Gasteiger partial charge is 0.378 e. The second-order valence-electron chi connectivity index (χ2n) is 5.23. The molecule has 2 heterocycles. The second-order valence-corrected chi connectivity index (χ2v) is 5.23. The predicted molar refractivity (Wildman–Crippen MR) is 76.1 cm³/mol. The maximum absolute atomic E-state index is 12.6. The van der Waals surface area contributed by atoms with Crippen LogP contribution in [0.3, 0.4) is 0 Å². The van der Waals surface area contributed by atoms with Crippen LogP contribution in [0.2, 0.25) is 0 Å². The summed E-state index contributed by atoms with van der Waals surface area (Å²) in [5, 5.41) is 17.0. The van der Waals surface area contributed by atoms with Gasteiger partial charge in [0, 0.05) is 6.54 Å². The Morgan fingerprint density at radius 2 is 2.14 bits per heavy atom. The van der Waals surface area contributed by atoms with Gasteiger partial charge in [0.05, 0.1) is 6.04 Å². The molecule has 0 bridgehead atoms. The number of amides is 1. The number of likely N-dealkylation sites (tertiary alicyclic amines) is 1. The maximum atomic E-state index is 12.6. The Morgan fingerprint density at radius 3 is 2.86 bits per heavy atom. The molecule has 1 aromatic heterocycles. The van der Waals surface area contributed by atoms with Crippen LogP contribution in [0.4, 0.5) is 0 Å². The molecular formula is C15H18N4O2. The average Bonchev–Trinajstić information content (AvgIpc) is 3.08. The molecule has 2 N–H and O–H groups in total. The standard InChI is InChI=1S/C15H18N4O2/c20-13(11-6-2-1-3-7-11)15(21)19-9-5-4-8-12(19)14-16-10-17-18-14/h1-3,6-7,10,12-13,20H,4-5,8-9H2,(H,16,17,18)/t12?,13-/m0/s1. The van der Waals surface area contributed by atoms with E-state index >= 15 is 0 Å². The molecule has 1 aliphatic rings. The van der Waals surface area contributed by atoms with E-state index in [-0.39, 0.29) is 11.9 Å². The molecular weight excluding hydrogens is 268 g/mol. The van der Waals surface area contributed by atoms with Crippen LogP contribution in [0.15, 0.2) is 36.7 Å².